The lowest BCUT2D eigenvalue weighted by Gasteiger charge is -2.28. The lowest BCUT2D eigenvalue weighted by atomic mass is 10.1. The highest BCUT2D eigenvalue weighted by atomic mass is 16.2. The number of aromatic nitrogens is 2. The van der Waals surface area contributed by atoms with Crippen LogP contribution in [-0.4, -0.2) is 46.3 Å². The number of amides is 2. The summed E-state index contributed by atoms with van der Waals surface area (Å²) < 4.78 is 1.55. The molecule has 0 aliphatic carbocycles. The quantitative estimate of drug-likeness (QED) is 0.856. The molecule has 0 saturated heterocycles. The number of nitrogens with one attached hydrogen (secondary N) is 1. The number of hydrogen-bond acceptors (Lipinski definition) is 2. The first-order valence-corrected chi connectivity index (χ1v) is 6.92. The molecular formula is C15H18N4O2. The molecule has 2 aromatic rings. The Bertz CT molecular complexity index is 715. The Morgan fingerprint density at radius 3 is 2.62 bits per heavy atom. The number of carbonyl (C=O) groups excluding carboxylic acids is 1. The molecule has 21 heavy (non-hydrogen) atoms. The molecule has 6 heteroatoms. The van der Waals surface area contributed by atoms with Gasteiger partial charge in [-0.2, -0.15) is 0 Å². The second-order valence-electron chi connectivity index (χ2n) is 5.39. The molecule has 0 radical (unpaired) electrons. The van der Waals surface area contributed by atoms with E-state index in [1.807, 2.05) is 30.3 Å². The summed E-state index contributed by atoms with van der Waals surface area (Å²) in [5.74, 6) is 0. The van der Waals surface area contributed by atoms with Gasteiger partial charge in [0.25, 0.3) is 5.56 Å². The van der Waals surface area contributed by atoms with Gasteiger partial charge in [0, 0.05) is 32.8 Å². The number of rotatable bonds is 1. The van der Waals surface area contributed by atoms with Crippen LogP contribution in [0.25, 0.3) is 5.69 Å². The van der Waals surface area contributed by atoms with Crippen LogP contribution >= 0.6 is 0 Å². The number of aromatic amines is 1. The van der Waals surface area contributed by atoms with E-state index in [-0.39, 0.29) is 11.6 Å². The highest BCUT2D eigenvalue weighted by Crippen LogP contribution is 2.16. The molecule has 110 valence electrons. The molecule has 3 rings (SSSR count). The number of benzene rings is 1. The summed E-state index contributed by atoms with van der Waals surface area (Å²) in [7, 11) is 3.44. The van der Waals surface area contributed by atoms with Crippen molar-refractivity contribution in [2.45, 2.75) is 13.0 Å². The molecule has 1 aliphatic heterocycles. The maximum absolute atomic E-state index is 12.5. The predicted molar refractivity (Wildman–Crippen MR) is 79.6 cm³/mol. The van der Waals surface area contributed by atoms with Gasteiger partial charge in [-0.15, -0.1) is 0 Å². The van der Waals surface area contributed by atoms with Gasteiger partial charge in [-0.25, -0.2) is 9.48 Å². The summed E-state index contributed by atoms with van der Waals surface area (Å²) in [6.07, 6.45) is 0.671. The van der Waals surface area contributed by atoms with Crippen molar-refractivity contribution in [3.8, 4) is 5.69 Å². The Labute approximate surface area is 122 Å². The molecule has 1 aromatic heterocycles. The van der Waals surface area contributed by atoms with Crippen LogP contribution in [0.2, 0.25) is 0 Å². The van der Waals surface area contributed by atoms with Gasteiger partial charge in [0.1, 0.15) is 0 Å². The SMILES string of the molecule is CN(C)C(=O)N1CCc2[nH]n(-c3ccccc3)c(=O)c2C1. The normalized spacial score (nSPS) is 13.9. The van der Waals surface area contributed by atoms with Crippen molar-refractivity contribution < 1.29 is 4.79 Å². The lowest BCUT2D eigenvalue weighted by Crippen LogP contribution is -2.43. The molecule has 2 amide bonds. The minimum atomic E-state index is -0.0764. The number of para-hydroxylation sites is 1. The van der Waals surface area contributed by atoms with Crippen LogP contribution in [0, 0.1) is 0 Å². The van der Waals surface area contributed by atoms with Gasteiger partial charge in [0.05, 0.1) is 17.8 Å². The van der Waals surface area contributed by atoms with E-state index < -0.39 is 0 Å². The van der Waals surface area contributed by atoms with Crippen molar-refractivity contribution in [2.75, 3.05) is 20.6 Å². The molecular weight excluding hydrogens is 268 g/mol. The van der Waals surface area contributed by atoms with E-state index >= 15 is 0 Å². The van der Waals surface area contributed by atoms with Crippen molar-refractivity contribution in [1.82, 2.24) is 19.6 Å². The number of fused-ring (bicyclic) bond motifs is 1. The maximum atomic E-state index is 12.5. The molecule has 0 spiro atoms. The van der Waals surface area contributed by atoms with E-state index in [4.69, 9.17) is 0 Å². The molecule has 0 fully saturated rings. The highest BCUT2D eigenvalue weighted by Gasteiger charge is 2.26. The van der Waals surface area contributed by atoms with Crippen molar-refractivity contribution in [2.24, 2.45) is 0 Å². The zero-order chi connectivity index (χ0) is 15.0. The third kappa shape index (κ3) is 2.33. The number of carbonyl (C=O) groups is 1. The molecule has 0 atom stereocenters. The van der Waals surface area contributed by atoms with Crippen LogP contribution in [0.4, 0.5) is 4.79 Å². The second kappa shape index (κ2) is 5.12. The smallest absolute Gasteiger partial charge is 0.319 e. The molecule has 6 nitrogen and oxygen atoms in total. The van der Waals surface area contributed by atoms with Crippen LogP contribution in [0.1, 0.15) is 11.3 Å². The molecule has 0 bridgehead atoms. The molecule has 2 heterocycles. The Balaban J connectivity index is 1.96. The minimum Gasteiger partial charge on any atom is -0.331 e. The Morgan fingerprint density at radius 1 is 1.24 bits per heavy atom. The number of hydrogen-bond donors (Lipinski definition) is 1. The molecule has 1 aliphatic rings. The van der Waals surface area contributed by atoms with Crippen LogP contribution in [0.3, 0.4) is 0 Å². The van der Waals surface area contributed by atoms with E-state index in [9.17, 15) is 9.59 Å². The van der Waals surface area contributed by atoms with Crippen molar-refractivity contribution in [1.29, 1.82) is 0 Å². The minimum absolute atomic E-state index is 0.0625. The predicted octanol–water partition coefficient (Wildman–Crippen LogP) is 1.21. The second-order valence-corrected chi connectivity index (χ2v) is 5.39. The summed E-state index contributed by atoms with van der Waals surface area (Å²) in [6.45, 7) is 0.986. The van der Waals surface area contributed by atoms with Gasteiger partial charge in [0.2, 0.25) is 0 Å². The van der Waals surface area contributed by atoms with Crippen LogP contribution in [0.5, 0.6) is 0 Å². The van der Waals surface area contributed by atoms with E-state index in [1.165, 1.54) is 4.90 Å². The average molecular weight is 286 g/mol. The molecule has 0 saturated carbocycles. The van der Waals surface area contributed by atoms with Gasteiger partial charge < -0.3 is 9.80 Å². The van der Waals surface area contributed by atoms with Gasteiger partial charge in [-0.1, -0.05) is 18.2 Å². The summed E-state index contributed by atoms with van der Waals surface area (Å²) in [5.41, 5.74) is 2.34. The van der Waals surface area contributed by atoms with E-state index in [2.05, 4.69) is 5.10 Å². The first kappa shape index (κ1) is 13.5. The fraction of sp³-hybridized carbons (Fsp3) is 0.333. The molecule has 1 aromatic carbocycles. The highest BCUT2D eigenvalue weighted by molar-refractivity contribution is 5.74. The number of H-pyrrole nitrogens is 1. The van der Waals surface area contributed by atoms with Crippen LogP contribution < -0.4 is 5.56 Å². The summed E-state index contributed by atoms with van der Waals surface area (Å²) in [4.78, 5) is 27.8. The van der Waals surface area contributed by atoms with Gasteiger partial charge in [-0.05, 0) is 12.1 Å². The zero-order valence-electron chi connectivity index (χ0n) is 12.2. The van der Waals surface area contributed by atoms with E-state index in [0.717, 1.165) is 11.4 Å². The summed E-state index contributed by atoms with van der Waals surface area (Å²) in [6, 6.07) is 9.40. The standard InChI is InChI=1S/C15H18N4O2/c1-17(2)15(21)18-9-8-13-12(10-18)14(20)19(16-13)11-6-4-3-5-7-11/h3-7,16H,8-10H2,1-2H3. The Morgan fingerprint density at radius 2 is 1.95 bits per heavy atom. The average Bonchev–Trinajstić information content (AvgIpc) is 2.84. The van der Waals surface area contributed by atoms with Crippen molar-refractivity contribution >= 4 is 6.03 Å². The largest absolute Gasteiger partial charge is 0.331 e. The summed E-state index contributed by atoms with van der Waals surface area (Å²) in [5, 5.41) is 3.16. The third-order valence-corrected chi connectivity index (χ3v) is 3.72. The lowest BCUT2D eigenvalue weighted by molar-refractivity contribution is 0.165. The van der Waals surface area contributed by atoms with E-state index in [1.54, 1.807) is 23.7 Å². The first-order chi connectivity index (χ1) is 10.1. The number of urea groups is 1. The van der Waals surface area contributed by atoms with Crippen LogP contribution in [-0.2, 0) is 13.0 Å². The van der Waals surface area contributed by atoms with Gasteiger partial charge in [0.15, 0.2) is 0 Å². The third-order valence-electron chi connectivity index (χ3n) is 3.72. The van der Waals surface area contributed by atoms with Crippen LogP contribution in [0.15, 0.2) is 35.1 Å². The monoisotopic (exact) mass is 286 g/mol. The molecule has 1 N–H and O–H groups in total. The van der Waals surface area contributed by atoms with E-state index in [0.29, 0.717) is 25.1 Å². The fourth-order valence-corrected chi connectivity index (χ4v) is 2.61. The Kier molecular flexibility index (Phi) is 3.29. The Hall–Kier alpha value is -2.50. The molecule has 0 unspecified atom stereocenters. The van der Waals surface area contributed by atoms with Gasteiger partial charge in [-0.3, -0.25) is 9.89 Å². The maximum Gasteiger partial charge on any atom is 0.319 e. The summed E-state index contributed by atoms with van der Waals surface area (Å²) >= 11 is 0. The van der Waals surface area contributed by atoms with Gasteiger partial charge >= 0.3 is 6.03 Å². The fourth-order valence-electron chi connectivity index (χ4n) is 2.61. The zero-order valence-corrected chi connectivity index (χ0v) is 12.2. The van der Waals surface area contributed by atoms with Crippen molar-refractivity contribution in [3.05, 3.63) is 51.9 Å². The van der Waals surface area contributed by atoms with Crippen molar-refractivity contribution in [3.63, 3.8) is 0 Å². The number of nitrogens with zero attached hydrogens (tertiary/aromatic N) is 3. The first-order valence-electron chi connectivity index (χ1n) is 6.92. The topological polar surface area (TPSA) is 61.3 Å².